The predicted molar refractivity (Wildman–Crippen MR) is 79.4 cm³/mol. The second kappa shape index (κ2) is 5.37. The molecule has 0 spiro atoms. The third-order valence-electron chi connectivity index (χ3n) is 3.47. The summed E-state index contributed by atoms with van der Waals surface area (Å²) in [5.41, 5.74) is 3.17. The Labute approximate surface area is 121 Å². The second-order valence-electron chi connectivity index (χ2n) is 5.02. The van der Waals surface area contributed by atoms with Crippen LogP contribution in [0.2, 0.25) is 0 Å². The Balaban J connectivity index is 2.73. The smallest absolute Gasteiger partial charge is 0.314 e. The van der Waals surface area contributed by atoms with Crippen LogP contribution in [0.1, 0.15) is 31.0 Å². The van der Waals surface area contributed by atoms with E-state index >= 15 is 0 Å². The van der Waals surface area contributed by atoms with Crippen LogP contribution in [0.15, 0.2) is 28.9 Å². The fourth-order valence-corrected chi connectivity index (χ4v) is 3.05. The molecule has 0 fully saturated rings. The molecule has 0 bridgehead atoms. The minimum atomic E-state index is -0.258. The van der Waals surface area contributed by atoms with Crippen LogP contribution < -0.4 is 0 Å². The summed E-state index contributed by atoms with van der Waals surface area (Å²) in [5, 5.41) is 0. The van der Waals surface area contributed by atoms with Gasteiger partial charge in [0.1, 0.15) is 0 Å². The molecule has 19 heavy (non-hydrogen) atoms. The number of halogens is 1. The summed E-state index contributed by atoms with van der Waals surface area (Å²) < 4.78 is 8.08. The van der Waals surface area contributed by atoms with Crippen molar-refractivity contribution in [2.75, 3.05) is 7.11 Å². The van der Waals surface area contributed by atoms with Crippen LogP contribution in [0, 0.1) is 12.8 Å². The van der Waals surface area contributed by atoms with Gasteiger partial charge in [0.05, 0.1) is 18.5 Å². The molecule has 0 aliphatic carbocycles. The molecule has 0 aromatic carbocycles. The summed E-state index contributed by atoms with van der Waals surface area (Å²) in [4.78, 5) is 12.1. The van der Waals surface area contributed by atoms with E-state index in [-0.39, 0.29) is 17.8 Å². The van der Waals surface area contributed by atoms with Gasteiger partial charge in [-0.05, 0) is 46.5 Å². The van der Waals surface area contributed by atoms with Gasteiger partial charge in [-0.15, -0.1) is 0 Å². The van der Waals surface area contributed by atoms with Crippen LogP contribution in [0.5, 0.6) is 0 Å². The van der Waals surface area contributed by atoms with Crippen molar-refractivity contribution in [3.05, 3.63) is 40.1 Å². The van der Waals surface area contributed by atoms with Crippen LogP contribution in [-0.4, -0.2) is 17.5 Å². The molecule has 1 atom stereocenters. The first-order valence-corrected chi connectivity index (χ1v) is 7.11. The highest BCUT2D eigenvalue weighted by molar-refractivity contribution is 9.10. The number of rotatable bonds is 3. The van der Waals surface area contributed by atoms with E-state index in [1.54, 1.807) is 0 Å². The summed E-state index contributed by atoms with van der Waals surface area (Å²) in [6.45, 7) is 6.11. The molecule has 102 valence electrons. The largest absolute Gasteiger partial charge is 0.468 e. The van der Waals surface area contributed by atoms with Crippen molar-refractivity contribution in [2.45, 2.75) is 26.7 Å². The Morgan fingerprint density at radius 2 is 2.05 bits per heavy atom. The van der Waals surface area contributed by atoms with E-state index in [1.165, 1.54) is 7.11 Å². The van der Waals surface area contributed by atoms with Crippen molar-refractivity contribution < 1.29 is 9.53 Å². The van der Waals surface area contributed by atoms with Crippen LogP contribution in [0.4, 0.5) is 0 Å². The van der Waals surface area contributed by atoms with Crippen molar-refractivity contribution >= 4 is 27.4 Å². The maximum Gasteiger partial charge on any atom is 0.314 e. The number of hydrogen-bond donors (Lipinski definition) is 0. The summed E-state index contributed by atoms with van der Waals surface area (Å²) in [6, 6.07) is 6.00. The molecule has 3 nitrogen and oxygen atoms in total. The van der Waals surface area contributed by atoms with Gasteiger partial charge in [-0.1, -0.05) is 19.9 Å². The van der Waals surface area contributed by atoms with Gasteiger partial charge in [0.15, 0.2) is 0 Å². The molecule has 0 aliphatic heterocycles. The normalized spacial score (nSPS) is 12.9. The molecule has 1 unspecified atom stereocenters. The summed E-state index contributed by atoms with van der Waals surface area (Å²) >= 11 is 3.62. The van der Waals surface area contributed by atoms with Crippen LogP contribution in [0.3, 0.4) is 0 Å². The Hall–Kier alpha value is -1.29. The van der Waals surface area contributed by atoms with Gasteiger partial charge in [0.2, 0.25) is 0 Å². The van der Waals surface area contributed by atoms with Gasteiger partial charge < -0.3 is 9.14 Å². The summed E-state index contributed by atoms with van der Waals surface area (Å²) in [5.74, 6) is -0.267. The third kappa shape index (κ3) is 2.29. The van der Waals surface area contributed by atoms with Gasteiger partial charge in [-0.25, -0.2) is 0 Å². The van der Waals surface area contributed by atoms with Crippen molar-refractivity contribution in [2.24, 2.45) is 5.92 Å². The number of esters is 1. The average Bonchev–Trinajstić information content (AvgIpc) is 2.64. The van der Waals surface area contributed by atoms with Crippen LogP contribution in [0.25, 0.3) is 5.52 Å². The molecule has 2 aromatic rings. The Bertz CT molecular complexity index is 616. The molecule has 2 heterocycles. The first-order valence-electron chi connectivity index (χ1n) is 6.31. The molecule has 0 radical (unpaired) electrons. The number of carbonyl (C=O) groups excluding carboxylic acids is 1. The zero-order valence-corrected chi connectivity index (χ0v) is 13.2. The molecule has 2 rings (SSSR count). The lowest BCUT2D eigenvalue weighted by Gasteiger charge is -2.19. The summed E-state index contributed by atoms with van der Waals surface area (Å²) in [6.07, 6.45) is 1.99. The van der Waals surface area contributed by atoms with Gasteiger partial charge >= 0.3 is 5.97 Å². The minimum Gasteiger partial charge on any atom is -0.468 e. The second-order valence-corrected chi connectivity index (χ2v) is 5.82. The topological polar surface area (TPSA) is 30.7 Å². The third-order valence-corrected chi connectivity index (χ3v) is 4.48. The number of carbonyl (C=O) groups is 1. The number of pyridine rings is 1. The number of aromatic nitrogens is 1. The molecular weight excluding hydrogens is 306 g/mol. The highest BCUT2D eigenvalue weighted by Crippen LogP contribution is 2.36. The molecule has 0 N–H and O–H groups in total. The number of methoxy groups -OCH3 is 1. The van der Waals surface area contributed by atoms with E-state index in [4.69, 9.17) is 4.74 Å². The van der Waals surface area contributed by atoms with Gasteiger partial charge in [-0.3, -0.25) is 4.79 Å². The van der Waals surface area contributed by atoms with Gasteiger partial charge in [0.25, 0.3) is 0 Å². The van der Waals surface area contributed by atoms with E-state index in [2.05, 4.69) is 20.3 Å². The van der Waals surface area contributed by atoms with E-state index in [0.717, 1.165) is 21.2 Å². The highest BCUT2D eigenvalue weighted by atomic mass is 79.9. The van der Waals surface area contributed by atoms with Crippen molar-refractivity contribution in [3.8, 4) is 0 Å². The lowest BCUT2D eigenvalue weighted by atomic mass is 9.90. The zero-order valence-electron chi connectivity index (χ0n) is 11.6. The van der Waals surface area contributed by atoms with Crippen LogP contribution in [-0.2, 0) is 9.53 Å². The first-order chi connectivity index (χ1) is 8.99. The molecular formula is C15H18BrNO2. The van der Waals surface area contributed by atoms with E-state index in [9.17, 15) is 4.79 Å². The van der Waals surface area contributed by atoms with E-state index < -0.39 is 0 Å². The first kappa shape index (κ1) is 14.1. The number of ether oxygens (including phenoxy) is 1. The standard InChI is InChI=1S/C15H18BrNO2/c1-9(2)12(15(18)19-4)14-10(3)13(16)11-7-5-6-8-17(11)14/h5-9,12H,1-4H3. The van der Waals surface area contributed by atoms with Gasteiger partial charge in [0, 0.05) is 16.4 Å². The molecule has 4 heteroatoms. The summed E-state index contributed by atoms with van der Waals surface area (Å²) in [7, 11) is 1.44. The quantitative estimate of drug-likeness (QED) is 0.801. The fourth-order valence-electron chi connectivity index (χ4n) is 2.53. The van der Waals surface area contributed by atoms with Crippen molar-refractivity contribution in [1.82, 2.24) is 4.40 Å². The predicted octanol–water partition coefficient (Wildman–Crippen LogP) is 3.92. The zero-order chi connectivity index (χ0) is 14.2. The minimum absolute atomic E-state index is 0.177. The molecule has 2 aromatic heterocycles. The molecule has 0 amide bonds. The van der Waals surface area contributed by atoms with E-state index in [1.807, 2.05) is 45.2 Å². The van der Waals surface area contributed by atoms with Crippen LogP contribution >= 0.6 is 15.9 Å². The molecule has 0 saturated heterocycles. The maximum absolute atomic E-state index is 12.1. The highest BCUT2D eigenvalue weighted by Gasteiger charge is 2.30. The average molecular weight is 324 g/mol. The van der Waals surface area contributed by atoms with Gasteiger partial charge in [-0.2, -0.15) is 0 Å². The monoisotopic (exact) mass is 323 g/mol. The molecule has 0 saturated carbocycles. The SMILES string of the molecule is COC(=O)C(c1c(C)c(Br)c2ccccn12)C(C)C. The number of nitrogens with zero attached hydrogens (tertiary/aromatic N) is 1. The van der Waals surface area contributed by atoms with E-state index in [0.29, 0.717) is 0 Å². The number of fused-ring (bicyclic) bond motifs is 1. The lowest BCUT2D eigenvalue weighted by molar-refractivity contribution is -0.143. The Kier molecular flexibility index (Phi) is 3.99. The number of hydrogen-bond acceptors (Lipinski definition) is 2. The lowest BCUT2D eigenvalue weighted by Crippen LogP contribution is -2.21. The Morgan fingerprint density at radius 3 is 2.63 bits per heavy atom. The van der Waals surface area contributed by atoms with Crippen molar-refractivity contribution in [1.29, 1.82) is 0 Å². The Morgan fingerprint density at radius 1 is 1.37 bits per heavy atom. The van der Waals surface area contributed by atoms with Crippen molar-refractivity contribution in [3.63, 3.8) is 0 Å². The molecule has 0 aliphatic rings. The maximum atomic E-state index is 12.1. The fraction of sp³-hybridized carbons (Fsp3) is 0.400.